The third-order valence-electron chi connectivity index (χ3n) is 7.77. The maximum atomic E-state index is 13.4. The Balaban J connectivity index is 1.48. The van der Waals surface area contributed by atoms with Crippen LogP contribution in [0.3, 0.4) is 0 Å². The quantitative estimate of drug-likeness (QED) is 0.274. The Morgan fingerprint density at radius 2 is 1.64 bits per heavy atom. The summed E-state index contributed by atoms with van der Waals surface area (Å²) in [6, 6.07) is 15.1. The number of fused-ring (bicyclic) bond motifs is 4. The lowest BCUT2D eigenvalue weighted by Gasteiger charge is -2.44. The zero-order chi connectivity index (χ0) is 31.4. The second-order valence-corrected chi connectivity index (χ2v) is 11.1. The molecule has 2 aliphatic heterocycles. The fourth-order valence-corrected chi connectivity index (χ4v) is 6.08. The second-order valence-electron chi connectivity index (χ2n) is 10.7. The number of benzene rings is 2. The third kappa shape index (κ3) is 6.47. The van der Waals surface area contributed by atoms with Crippen molar-refractivity contribution < 1.29 is 28.7 Å². The first-order valence-electron chi connectivity index (χ1n) is 14.5. The van der Waals surface area contributed by atoms with Crippen LogP contribution < -0.4 is 21.1 Å². The van der Waals surface area contributed by atoms with Crippen molar-refractivity contribution in [3.63, 3.8) is 0 Å². The number of rotatable bonds is 9. The molecule has 0 saturated carbocycles. The molecule has 0 radical (unpaired) electrons. The van der Waals surface area contributed by atoms with E-state index in [0.29, 0.717) is 31.0 Å². The van der Waals surface area contributed by atoms with Crippen LogP contribution in [0.1, 0.15) is 52.6 Å². The van der Waals surface area contributed by atoms with Crippen LogP contribution in [0.2, 0.25) is 5.02 Å². The minimum absolute atomic E-state index is 0.00840. The summed E-state index contributed by atoms with van der Waals surface area (Å²) in [5.41, 5.74) is 2.32. The number of pyridine rings is 1. The van der Waals surface area contributed by atoms with Gasteiger partial charge in [-0.15, -0.1) is 0 Å². The molecule has 2 unspecified atom stereocenters. The number of carbonyl (C=O) groups is 4. The largest absolute Gasteiger partial charge is 0.464 e. The topological polar surface area (TPSA) is 136 Å². The van der Waals surface area contributed by atoms with E-state index in [2.05, 4.69) is 15.5 Å². The maximum absolute atomic E-state index is 13.4. The van der Waals surface area contributed by atoms with Gasteiger partial charge >= 0.3 is 11.9 Å². The number of anilines is 2. The van der Waals surface area contributed by atoms with Gasteiger partial charge in [0.25, 0.3) is 17.4 Å². The number of piperidine rings is 1. The molecule has 3 heterocycles. The van der Waals surface area contributed by atoms with E-state index in [0.717, 1.165) is 12.1 Å². The number of halogens is 1. The van der Waals surface area contributed by atoms with E-state index in [9.17, 15) is 24.0 Å². The highest BCUT2D eigenvalue weighted by Gasteiger charge is 2.36. The molecule has 5 rings (SSSR count). The van der Waals surface area contributed by atoms with Crippen molar-refractivity contribution in [2.24, 2.45) is 5.92 Å². The van der Waals surface area contributed by atoms with Crippen molar-refractivity contribution in [3.8, 4) is 0 Å². The lowest BCUT2D eigenvalue weighted by atomic mass is 9.83. The van der Waals surface area contributed by atoms with Crippen LogP contribution in [-0.4, -0.2) is 60.7 Å². The van der Waals surface area contributed by atoms with Crippen LogP contribution in [-0.2, 0) is 25.6 Å². The highest BCUT2D eigenvalue weighted by Crippen LogP contribution is 2.39. The van der Waals surface area contributed by atoms with Gasteiger partial charge in [0.05, 0.1) is 35.2 Å². The lowest BCUT2D eigenvalue weighted by molar-refractivity contribution is -0.157. The molecule has 12 heteroatoms. The van der Waals surface area contributed by atoms with Gasteiger partial charge in [-0.3, -0.25) is 14.4 Å². The molecule has 0 aliphatic carbocycles. The van der Waals surface area contributed by atoms with E-state index in [-0.39, 0.29) is 46.8 Å². The van der Waals surface area contributed by atoms with Crippen molar-refractivity contribution in [1.29, 1.82) is 0 Å². The van der Waals surface area contributed by atoms with Gasteiger partial charge in [0.2, 0.25) is 6.04 Å². The molecule has 0 spiro atoms. The smallest absolute Gasteiger partial charge is 0.340 e. The fraction of sp³-hybridized carbons (Fsp3) is 0.344. The summed E-state index contributed by atoms with van der Waals surface area (Å²) in [7, 11) is 0. The summed E-state index contributed by atoms with van der Waals surface area (Å²) >= 11 is 6.30. The molecule has 44 heavy (non-hydrogen) atoms. The monoisotopic (exact) mass is 620 g/mol. The van der Waals surface area contributed by atoms with Gasteiger partial charge in [0, 0.05) is 42.9 Å². The van der Waals surface area contributed by atoms with E-state index in [1.165, 1.54) is 6.07 Å². The Morgan fingerprint density at radius 3 is 2.34 bits per heavy atom. The van der Waals surface area contributed by atoms with Gasteiger partial charge in [0.15, 0.2) is 0 Å². The Morgan fingerprint density at radius 1 is 0.909 bits per heavy atom. The van der Waals surface area contributed by atoms with Gasteiger partial charge in [-0.2, -0.15) is 0 Å². The summed E-state index contributed by atoms with van der Waals surface area (Å²) in [6.45, 7) is 5.00. The van der Waals surface area contributed by atoms with Crippen molar-refractivity contribution in [3.05, 3.63) is 92.9 Å². The van der Waals surface area contributed by atoms with Crippen LogP contribution in [0.5, 0.6) is 0 Å². The molecule has 1 saturated heterocycles. The van der Waals surface area contributed by atoms with Gasteiger partial charge in [-0.05, 0) is 62.6 Å². The first-order valence-corrected chi connectivity index (χ1v) is 14.9. The van der Waals surface area contributed by atoms with Crippen LogP contribution in [0, 0.1) is 5.92 Å². The first kappa shape index (κ1) is 30.8. The maximum Gasteiger partial charge on any atom is 0.340 e. The van der Waals surface area contributed by atoms with Gasteiger partial charge in [-0.1, -0.05) is 29.8 Å². The molecule has 1 fully saturated rings. The molecule has 230 valence electrons. The summed E-state index contributed by atoms with van der Waals surface area (Å²) in [5.74, 6) is -2.79. The van der Waals surface area contributed by atoms with Crippen molar-refractivity contribution in [2.45, 2.75) is 38.8 Å². The molecule has 2 aliphatic rings. The highest BCUT2D eigenvalue weighted by molar-refractivity contribution is 6.34. The number of hydrogen-bond donors (Lipinski definition) is 2. The fourth-order valence-electron chi connectivity index (χ4n) is 5.86. The van der Waals surface area contributed by atoms with Crippen LogP contribution >= 0.6 is 11.6 Å². The predicted molar refractivity (Wildman–Crippen MR) is 164 cm³/mol. The Bertz CT molecular complexity index is 1640. The van der Waals surface area contributed by atoms with E-state index >= 15 is 0 Å². The Hall–Kier alpha value is -4.64. The number of hydrogen-bond acceptors (Lipinski definition) is 8. The standard InChI is InChI=1S/C32H33ClN4O7/c1-3-43-31(41)28(32(42)44-4-2)35-29(39)20-12-13-26(24(15-20)34-30(40)22-8-5-6-9-23(22)33)36-16-19-14-21(18-36)25-10-7-11-27(38)37(25)17-19/h5-13,15,19,21,28H,3-4,14,16-18H2,1-2H3,(H,34,40)(H,35,39). The molecule has 2 aromatic carbocycles. The summed E-state index contributed by atoms with van der Waals surface area (Å²) < 4.78 is 11.8. The summed E-state index contributed by atoms with van der Waals surface area (Å²) in [6.07, 6.45) is 0.935. The zero-order valence-electron chi connectivity index (χ0n) is 24.4. The van der Waals surface area contributed by atoms with Crippen LogP contribution in [0.25, 0.3) is 0 Å². The number of nitrogens with zero attached hydrogens (tertiary/aromatic N) is 2. The molecule has 2 bridgehead atoms. The van der Waals surface area contributed by atoms with Crippen LogP contribution in [0.15, 0.2) is 65.5 Å². The minimum Gasteiger partial charge on any atom is -0.464 e. The zero-order valence-corrected chi connectivity index (χ0v) is 25.1. The van der Waals surface area contributed by atoms with Gasteiger partial charge in [0.1, 0.15) is 0 Å². The molecule has 1 aromatic heterocycles. The number of esters is 2. The highest BCUT2D eigenvalue weighted by atomic mass is 35.5. The molecule has 11 nitrogen and oxygen atoms in total. The van der Waals surface area contributed by atoms with Gasteiger partial charge < -0.3 is 29.6 Å². The summed E-state index contributed by atoms with van der Waals surface area (Å²) in [5, 5.41) is 5.58. The lowest BCUT2D eigenvalue weighted by Crippen LogP contribution is -2.48. The van der Waals surface area contributed by atoms with E-state index in [4.69, 9.17) is 21.1 Å². The molecule has 2 N–H and O–H groups in total. The molecule has 2 atom stereocenters. The predicted octanol–water partition coefficient (Wildman–Crippen LogP) is 3.60. The van der Waals surface area contributed by atoms with E-state index in [1.54, 1.807) is 62.4 Å². The molecule has 3 aromatic rings. The number of aromatic nitrogens is 1. The Labute approximate surface area is 259 Å². The average molecular weight is 621 g/mol. The van der Waals surface area contributed by atoms with Crippen molar-refractivity contribution >= 4 is 46.7 Å². The number of amides is 2. The van der Waals surface area contributed by atoms with Crippen molar-refractivity contribution in [2.75, 3.05) is 36.5 Å². The first-order chi connectivity index (χ1) is 21.2. The SMILES string of the molecule is CCOC(=O)C(NC(=O)c1ccc(N2CC3CC(C2)c2cccc(=O)n2C3)c(NC(=O)c2ccccc2Cl)c1)C(=O)OCC. The molecule has 2 amide bonds. The molecular formula is C32H33ClN4O7. The van der Waals surface area contributed by atoms with E-state index < -0.39 is 29.8 Å². The van der Waals surface area contributed by atoms with Crippen molar-refractivity contribution in [1.82, 2.24) is 9.88 Å². The molecular weight excluding hydrogens is 588 g/mol. The average Bonchev–Trinajstić information content (AvgIpc) is 3.00. The normalized spacial score (nSPS) is 17.0. The van der Waals surface area contributed by atoms with Crippen LogP contribution in [0.4, 0.5) is 11.4 Å². The minimum atomic E-state index is -1.66. The number of carbonyl (C=O) groups excluding carboxylic acids is 4. The van der Waals surface area contributed by atoms with E-state index in [1.807, 2.05) is 10.6 Å². The number of ether oxygens (including phenoxy) is 2. The number of nitrogens with one attached hydrogen (secondary N) is 2. The Kier molecular flexibility index (Phi) is 9.34. The second kappa shape index (κ2) is 13.3. The van der Waals surface area contributed by atoms with Gasteiger partial charge in [-0.25, -0.2) is 9.59 Å². The summed E-state index contributed by atoms with van der Waals surface area (Å²) in [4.78, 5) is 66.3. The third-order valence-corrected chi connectivity index (χ3v) is 8.10.